The van der Waals surface area contributed by atoms with Crippen molar-refractivity contribution in [1.29, 1.82) is 0 Å². The average Bonchev–Trinajstić information content (AvgIpc) is 2.78. The van der Waals surface area contributed by atoms with Crippen molar-refractivity contribution in [3.05, 3.63) is 11.1 Å². The number of aliphatic hydroxyl groups excluding tert-OH is 1. The van der Waals surface area contributed by atoms with Gasteiger partial charge in [0.15, 0.2) is 0 Å². The molecular formula is C17H28BrClN2O3. The molecule has 1 aliphatic carbocycles. The Balaban J connectivity index is 0.00000288. The molecule has 0 aromatic heterocycles. The molecule has 2 unspecified atom stereocenters. The quantitative estimate of drug-likeness (QED) is 0.392. The van der Waals surface area contributed by atoms with Gasteiger partial charge in [0, 0.05) is 18.0 Å². The number of likely N-dealkylation sites (N-methyl/N-ethyl adjacent to an activating group) is 1. The highest BCUT2D eigenvalue weighted by molar-refractivity contribution is 6.30. The zero-order valence-corrected chi connectivity index (χ0v) is 16.9. The van der Waals surface area contributed by atoms with Gasteiger partial charge in [0.2, 0.25) is 11.8 Å². The zero-order chi connectivity index (χ0) is 17.0. The van der Waals surface area contributed by atoms with Gasteiger partial charge in [-0.25, -0.2) is 0 Å². The monoisotopic (exact) mass is 422 g/mol. The van der Waals surface area contributed by atoms with Crippen LogP contribution in [-0.2, 0) is 9.59 Å². The molecule has 2 amide bonds. The van der Waals surface area contributed by atoms with E-state index in [4.69, 9.17) is 11.6 Å². The van der Waals surface area contributed by atoms with Crippen LogP contribution in [0.3, 0.4) is 0 Å². The first-order chi connectivity index (χ1) is 11.0. The van der Waals surface area contributed by atoms with Crippen molar-refractivity contribution in [2.45, 2.75) is 33.1 Å². The molecule has 1 heterocycles. The van der Waals surface area contributed by atoms with Crippen molar-refractivity contribution >= 4 is 23.4 Å². The first-order valence-corrected chi connectivity index (χ1v) is 9.01. The molecule has 1 N–H and O–H groups in total. The molecule has 7 heteroatoms. The standard InChI is InChI=1S/C17H28ClN2O3.BrH/c1-3-20(4-2,10-11-21)9-5-8-19-16(22)14-7-6-13(18)12-15(14)17(19)23;/h6,14-15,21H,3-5,7-12H2,1-2H3;1H/q+1;/p-1. The van der Waals surface area contributed by atoms with E-state index >= 15 is 0 Å². The van der Waals surface area contributed by atoms with Crippen LogP contribution in [0.25, 0.3) is 0 Å². The SMILES string of the molecule is CC[N+](CC)(CCO)CCCN1C(=O)C2CC=C(Cl)CC2C1=O.[Br-]. The number of hydrogen-bond donors (Lipinski definition) is 1. The molecule has 0 bridgehead atoms. The number of quaternary nitrogens is 1. The number of halogens is 2. The van der Waals surface area contributed by atoms with Crippen LogP contribution >= 0.6 is 11.6 Å². The van der Waals surface area contributed by atoms with Crippen molar-refractivity contribution in [2.75, 3.05) is 39.3 Å². The van der Waals surface area contributed by atoms with Crippen LogP contribution in [0.1, 0.15) is 33.1 Å². The molecule has 2 rings (SSSR count). The fourth-order valence-electron chi connectivity index (χ4n) is 3.86. The first-order valence-electron chi connectivity index (χ1n) is 8.63. The highest BCUT2D eigenvalue weighted by Crippen LogP contribution is 2.38. The van der Waals surface area contributed by atoms with Gasteiger partial charge in [0.05, 0.1) is 38.1 Å². The summed E-state index contributed by atoms with van der Waals surface area (Å²) in [6.07, 6.45) is 3.73. The van der Waals surface area contributed by atoms with Crippen molar-refractivity contribution in [1.82, 2.24) is 4.90 Å². The Morgan fingerprint density at radius 2 is 1.83 bits per heavy atom. The number of rotatable bonds is 8. The van der Waals surface area contributed by atoms with Crippen LogP contribution in [0.4, 0.5) is 0 Å². The lowest BCUT2D eigenvalue weighted by Gasteiger charge is -2.36. The molecule has 1 saturated heterocycles. The Kier molecular flexibility index (Phi) is 8.39. The van der Waals surface area contributed by atoms with Gasteiger partial charge in [-0.2, -0.15) is 0 Å². The topological polar surface area (TPSA) is 57.6 Å². The average molecular weight is 424 g/mol. The molecule has 0 aromatic rings. The summed E-state index contributed by atoms with van der Waals surface area (Å²) in [7, 11) is 0. The van der Waals surface area contributed by atoms with E-state index in [1.165, 1.54) is 4.90 Å². The maximum atomic E-state index is 12.5. The number of carbonyl (C=O) groups is 2. The molecule has 138 valence electrons. The minimum atomic E-state index is -0.256. The number of allylic oxidation sites excluding steroid dienone is 2. The van der Waals surface area contributed by atoms with E-state index in [9.17, 15) is 14.7 Å². The number of aliphatic hydroxyl groups is 1. The summed E-state index contributed by atoms with van der Waals surface area (Å²) in [6.45, 7) is 8.37. The summed E-state index contributed by atoms with van der Waals surface area (Å²) < 4.78 is 0.826. The molecule has 0 spiro atoms. The highest BCUT2D eigenvalue weighted by Gasteiger charge is 2.48. The van der Waals surface area contributed by atoms with E-state index in [2.05, 4.69) is 13.8 Å². The summed E-state index contributed by atoms with van der Waals surface area (Å²) in [6, 6.07) is 0. The van der Waals surface area contributed by atoms with Gasteiger partial charge in [-0.3, -0.25) is 14.5 Å². The fraction of sp³-hybridized carbons (Fsp3) is 0.765. The van der Waals surface area contributed by atoms with Gasteiger partial charge in [0.25, 0.3) is 0 Å². The second-order valence-corrected chi connectivity index (χ2v) is 7.12. The van der Waals surface area contributed by atoms with Crippen molar-refractivity contribution in [3.63, 3.8) is 0 Å². The molecule has 0 radical (unpaired) electrons. The third-order valence-corrected chi connectivity index (χ3v) is 5.90. The maximum Gasteiger partial charge on any atom is 0.233 e. The lowest BCUT2D eigenvalue weighted by molar-refractivity contribution is -0.925. The Hall–Kier alpha value is -0.430. The first kappa shape index (κ1) is 21.6. The number of carbonyl (C=O) groups excluding carboxylic acids is 2. The summed E-state index contributed by atoms with van der Waals surface area (Å²) in [4.78, 5) is 26.4. The fourth-order valence-corrected chi connectivity index (χ4v) is 4.12. The van der Waals surface area contributed by atoms with E-state index in [1.54, 1.807) is 0 Å². The Morgan fingerprint density at radius 3 is 2.42 bits per heavy atom. The van der Waals surface area contributed by atoms with Gasteiger partial charge in [-0.1, -0.05) is 17.7 Å². The Labute approximate surface area is 160 Å². The third-order valence-electron chi connectivity index (χ3n) is 5.59. The molecule has 2 aliphatic rings. The van der Waals surface area contributed by atoms with E-state index in [-0.39, 0.29) is 47.2 Å². The van der Waals surface area contributed by atoms with Crippen molar-refractivity contribution < 1.29 is 36.2 Å². The molecule has 0 saturated carbocycles. The second kappa shape index (κ2) is 9.32. The summed E-state index contributed by atoms with van der Waals surface area (Å²) in [5, 5.41) is 9.97. The maximum absolute atomic E-state index is 12.5. The van der Waals surface area contributed by atoms with Gasteiger partial charge < -0.3 is 26.6 Å². The largest absolute Gasteiger partial charge is 1.00 e. The molecule has 5 nitrogen and oxygen atoms in total. The molecule has 24 heavy (non-hydrogen) atoms. The molecule has 0 aromatic carbocycles. The second-order valence-electron chi connectivity index (χ2n) is 6.63. The summed E-state index contributed by atoms with van der Waals surface area (Å²) >= 11 is 6.03. The molecular weight excluding hydrogens is 396 g/mol. The Bertz CT molecular complexity index is 494. The van der Waals surface area contributed by atoms with Gasteiger partial charge in [-0.05, 0) is 26.7 Å². The summed E-state index contributed by atoms with van der Waals surface area (Å²) in [5.74, 6) is -0.554. The van der Waals surface area contributed by atoms with E-state index in [0.717, 1.165) is 37.1 Å². The lowest BCUT2D eigenvalue weighted by atomic mass is 9.85. The van der Waals surface area contributed by atoms with E-state index < -0.39 is 0 Å². The molecule has 1 aliphatic heterocycles. The normalized spacial score (nSPS) is 23.8. The third kappa shape index (κ3) is 4.40. The smallest absolute Gasteiger partial charge is 0.233 e. The minimum Gasteiger partial charge on any atom is -1.00 e. The zero-order valence-electron chi connectivity index (χ0n) is 14.5. The highest BCUT2D eigenvalue weighted by atomic mass is 79.9. The number of fused-ring (bicyclic) bond motifs is 1. The van der Waals surface area contributed by atoms with Crippen LogP contribution in [0.2, 0.25) is 0 Å². The van der Waals surface area contributed by atoms with Crippen LogP contribution in [0.15, 0.2) is 11.1 Å². The van der Waals surface area contributed by atoms with E-state index in [1.807, 2.05) is 6.08 Å². The van der Waals surface area contributed by atoms with Crippen molar-refractivity contribution in [2.24, 2.45) is 11.8 Å². The van der Waals surface area contributed by atoms with Crippen LogP contribution in [-0.4, -0.2) is 65.6 Å². The summed E-state index contributed by atoms with van der Waals surface area (Å²) in [5.41, 5.74) is 0. The number of amides is 2. The number of likely N-dealkylation sites (tertiary alicyclic amines) is 1. The number of imide groups is 1. The minimum absolute atomic E-state index is 0. The van der Waals surface area contributed by atoms with Gasteiger partial charge in [0.1, 0.15) is 6.54 Å². The van der Waals surface area contributed by atoms with Crippen molar-refractivity contribution in [3.8, 4) is 0 Å². The lowest BCUT2D eigenvalue weighted by Crippen LogP contribution is -3.00. The predicted octanol–water partition coefficient (Wildman–Crippen LogP) is -1.25. The number of nitrogens with zero attached hydrogens (tertiary/aromatic N) is 2. The van der Waals surface area contributed by atoms with Crippen LogP contribution in [0.5, 0.6) is 0 Å². The van der Waals surface area contributed by atoms with Gasteiger partial charge in [-0.15, -0.1) is 0 Å². The predicted molar refractivity (Wildman–Crippen MR) is 89.6 cm³/mol. The van der Waals surface area contributed by atoms with Crippen LogP contribution in [0, 0.1) is 11.8 Å². The Morgan fingerprint density at radius 1 is 1.21 bits per heavy atom. The molecule has 1 fully saturated rings. The van der Waals surface area contributed by atoms with Crippen LogP contribution < -0.4 is 17.0 Å². The molecule has 2 atom stereocenters. The number of hydrogen-bond acceptors (Lipinski definition) is 3. The van der Waals surface area contributed by atoms with E-state index in [0.29, 0.717) is 24.4 Å². The van der Waals surface area contributed by atoms with Gasteiger partial charge >= 0.3 is 0 Å².